The number of carbonyl (C=O) groups is 2. The van der Waals surface area contributed by atoms with Crippen molar-refractivity contribution in [3.63, 3.8) is 0 Å². The topological polar surface area (TPSA) is 60.9 Å². The maximum atomic E-state index is 12.2. The van der Waals surface area contributed by atoms with E-state index in [1.807, 2.05) is 25.1 Å². The molecule has 5 heteroatoms. The Morgan fingerprint density at radius 3 is 2.61 bits per heavy atom. The lowest BCUT2D eigenvalue weighted by atomic mass is 10.0. The van der Waals surface area contributed by atoms with E-state index in [1.165, 1.54) is 4.90 Å². The molecule has 0 radical (unpaired) electrons. The van der Waals surface area contributed by atoms with Crippen LogP contribution in [0.4, 0.5) is 11.4 Å². The molecule has 1 aromatic rings. The van der Waals surface area contributed by atoms with Gasteiger partial charge in [0.05, 0.1) is 17.8 Å². The summed E-state index contributed by atoms with van der Waals surface area (Å²) in [6.07, 6.45) is -0.188. The first-order valence-electron chi connectivity index (χ1n) is 5.74. The van der Waals surface area contributed by atoms with Gasteiger partial charge >= 0.3 is 5.97 Å². The minimum atomic E-state index is -0.968. The van der Waals surface area contributed by atoms with Crippen molar-refractivity contribution in [3.05, 3.63) is 23.8 Å². The van der Waals surface area contributed by atoms with E-state index in [0.29, 0.717) is 0 Å². The van der Waals surface area contributed by atoms with Gasteiger partial charge in [0.15, 0.2) is 0 Å². The van der Waals surface area contributed by atoms with Gasteiger partial charge in [0.25, 0.3) is 0 Å². The molecule has 96 valence electrons. The molecule has 2 rings (SSSR count). The summed E-state index contributed by atoms with van der Waals surface area (Å²) in [7, 11) is 3.44. The van der Waals surface area contributed by atoms with Gasteiger partial charge in [0.1, 0.15) is 6.04 Å². The number of hydrogen-bond acceptors (Lipinski definition) is 3. The predicted molar refractivity (Wildman–Crippen MR) is 69.0 cm³/mol. The number of fused-ring (bicyclic) bond motifs is 1. The van der Waals surface area contributed by atoms with E-state index in [0.717, 1.165) is 16.9 Å². The molecule has 1 aromatic carbocycles. The van der Waals surface area contributed by atoms with E-state index in [4.69, 9.17) is 5.11 Å². The molecule has 0 spiro atoms. The van der Waals surface area contributed by atoms with E-state index in [-0.39, 0.29) is 12.3 Å². The fraction of sp³-hybridized carbons (Fsp3) is 0.385. The van der Waals surface area contributed by atoms with Crippen LogP contribution in [0, 0.1) is 6.92 Å². The summed E-state index contributed by atoms with van der Waals surface area (Å²) >= 11 is 0. The fourth-order valence-electron chi connectivity index (χ4n) is 2.27. The van der Waals surface area contributed by atoms with Gasteiger partial charge in [-0.25, -0.2) is 0 Å². The average Bonchev–Trinajstić information content (AvgIpc) is 2.31. The fourth-order valence-corrected chi connectivity index (χ4v) is 2.27. The molecule has 0 fully saturated rings. The quantitative estimate of drug-likeness (QED) is 0.855. The molecular weight excluding hydrogens is 232 g/mol. The van der Waals surface area contributed by atoms with E-state index < -0.39 is 12.0 Å². The van der Waals surface area contributed by atoms with Crippen LogP contribution in [0.3, 0.4) is 0 Å². The van der Waals surface area contributed by atoms with Crippen LogP contribution >= 0.6 is 0 Å². The molecular formula is C13H16N2O3. The standard InChI is InChI=1S/C13H16N2O3/c1-8-4-5-9-10(6-8)15(3)13(18)11(14(9)2)7-12(16)17/h4-6,11H,7H2,1-3H3,(H,16,17). The number of carboxylic acids is 1. The van der Waals surface area contributed by atoms with Crippen molar-refractivity contribution >= 4 is 23.3 Å². The highest BCUT2D eigenvalue weighted by Crippen LogP contribution is 2.35. The maximum absolute atomic E-state index is 12.2. The highest BCUT2D eigenvalue weighted by atomic mass is 16.4. The van der Waals surface area contributed by atoms with Gasteiger partial charge < -0.3 is 14.9 Å². The van der Waals surface area contributed by atoms with Crippen LogP contribution < -0.4 is 9.80 Å². The number of benzene rings is 1. The summed E-state index contributed by atoms with van der Waals surface area (Å²) in [4.78, 5) is 26.3. The zero-order valence-corrected chi connectivity index (χ0v) is 10.7. The maximum Gasteiger partial charge on any atom is 0.305 e. The minimum Gasteiger partial charge on any atom is -0.481 e. The Balaban J connectivity index is 2.46. The van der Waals surface area contributed by atoms with Crippen LogP contribution in [0.5, 0.6) is 0 Å². The normalized spacial score (nSPS) is 18.8. The van der Waals surface area contributed by atoms with E-state index >= 15 is 0 Å². The van der Waals surface area contributed by atoms with Crippen molar-refractivity contribution in [2.75, 3.05) is 23.9 Å². The lowest BCUT2D eigenvalue weighted by Gasteiger charge is -2.39. The van der Waals surface area contributed by atoms with E-state index in [1.54, 1.807) is 19.0 Å². The number of anilines is 2. The van der Waals surface area contributed by atoms with Gasteiger partial charge in [-0.2, -0.15) is 0 Å². The van der Waals surface area contributed by atoms with Gasteiger partial charge in [-0.15, -0.1) is 0 Å². The van der Waals surface area contributed by atoms with Crippen molar-refractivity contribution in [3.8, 4) is 0 Å². The molecule has 1 N–H and O–H groups in total. The molecule has 0 saturated carbocycles. The summed E-state index contributed by atoms with van der Waals surface area (Å²) in [6.45, 7) is 1.96. The Morgan fingerprint density at radius 1 is 1.33 bits per heavy atom. The van der Waals surface area contributed by atoms with Gasteiger partial charge in [0, 0.05) is 14.1 Å². The number of rotatable bonds is 2. The Bertz CT molecular complexity index is 513. The highest BCUT2D eigenvalue weighted by Gasteiger charge is 2.35. The lowest BCUT2D eigenvalue weighted by molar-refractivity contribution is -0.139. The third kappa shape index (κ3) is 1.92. The van der Waals surface area contributed by atoms with Crippen LogP contribution in [0.25, 0.3) is 0 Å². The molecule has 1 atom stereocenters. The number of aliphatic carboxylic acids is 1. The zero-order valence-electron chi connectivity index (χ0n) is 10.7. The van der Waals surface area contributed by atoms with Gasteiger partial charge in [-0.3, -0.25) is 9.59 Å². The molecule has 0 aliphatic carbocycles. The van der Waals surface area contributed by atoms with Crippen molar-refractivity contribution in [1.82, 2.24) is 0 Å². The highest BCUT2D eigenvalue weighted by molar-refractivity contribution is 6.06. The van der Waals surface area contributed by atoms with Crippen LogP contribution in [-0.2, 0) is 9.59 Å². The van der Waals surface area contributed by atoms with Crippen molar-refractivity contribution in [1.29, 1.82) is 0 Å². The molecule has 1 amide bonds. The van der Waals surface area contributed by atoms with Gasteiger partial charge in [0.2, 0.25) is 5.91 Å². The number of likely N-dealkylation sites (N-methyl/N-ethyl adjacent to an activating group) is 2. The van der Waals surface area contributed by atoms with Crippen molar-refractivity contribution in [2.45, 2.75) is 19.4 Å². The lowest BCUT2D eigenvalue weighted by Crippen LogP contribution is -2.51. The SMILES string of the molecule is Cc1ccc2c(c1)N(C)C(=O)C(CC(=O)O)N2C. The van der Waals surface area contributed by atoms with Crippen LogP contribution in [0.1, 0.15) is 12.0 Å². The predicted octanol–water partition coefficient (Wildman–Crippen LogP) is 1.25. The molecule has 1 aliphatic heterocycles. The number of amides is 1. The molecule has 0 aromatic heterocycles. The summed E-state index contributed by atoms with van der Waals surface area (Å²) < 4.78 is 0. The molecule has 1 heterocycles. The molecule has 1 aliphatic rings. The van der Waals surface area contributed by atoms with Crippen molar-refractivity contribution < 1.29 is 14.7 Å². The zero-order chi connectivity index (χ0) is 13.4. The molecule has 5 nitrogen and oxygen atoms in total. The number of hydrogen-bond donors (Lipinski definition) is 1. The second-order valence-corrected chi connectivity index (χ2v) is 4.61. The largest absolute Gasteiger partial charge is 0.481 e. The Hall–Kier alpha value is -2.04. The van der Waals surface area contributed by atoms with Crippen LogP contribution in [0.15, 0.2) is 18.2 Å². The minimum absolute atomic E-state index is 0.182. The summed E-state index contributed by atoms with van der Waals surface area (Å²) in [5.74, 6) is -1.15. The summed E-state index contributed by atoms with van der Waals surface area (Å²) in [5.41, 5.74) is 2.77. The summed E-state index contributed by atoms with van der Waals surface area (Å²) in [6, 6.07) is 5.17. The molecule has 0 bridgehead atoms. The van der Waals surface area contributed by atoms with Gasteiger partial charge in [-0.05, 0) is 24.6 Å². The Kier molecular flexibility index (Phi) is 2.98. The molecule has 18 heavy (non-hydrogen) atoms. The number of nitrogens with zero attached hydrogens (tertiary/aromatic N) is 2. The second kappa shape index (κ2) is 4.33. The average molecular weight is 248 g/mol. The van der Waals surface area contributed by atoms with E-state index in [9.17, 15) is 9.59 Å². The number of carbonyl (C=O) groups excluding carboxylic acids is 1. The van der Waals surface area contributed by atoms with Crippen molar-refractivity contribution in [2.24, 2.45) is 0 Å². The van der Waals surface area contributed by atoms with Gasteiger partial charge in [-0.1, -0.05) is 6.07 Å². The summed E-state index contributed by atoms with van der Waals surface area (Å²) in [5, 5.41) is 8.88. The monoisotopic (exact) mass is 248 g/mol. The smallest absolute Gasteiger partial charge is 0.305 e. The number of aryl methyl sites for hydroxylation is 1. The first kappa shape index (κ1) is 12.4. The second-order valence-electron chi connectivity index (χ2n) is 4.61. The third-order valence-corrected chi connectivity index (χ3v) is 3.32. The Labute approximate surface area is 106 Å². The third-order valence-electron chi connectivity index (χ3n) is 3.32. The van der Waals surface area contributed by atoms with Crippen LogP contribution in [0.2, 0.25) is 0 Å². The molecule has 0 saturated heterocycles. The van der Waals surface area contributed by atoms with Crippen LogP contribution in [-0.4, -0.2) is 37.1 Å². The molecule has 1 unspecified atom stereocenters. The Morgan fingerprint density at radius 2 is 2.00 bits per heavy atom. The van der Waals surface area contributed by atoms with E-state index in [2.05, 4.69) is 0 Å². The number of carboxylic acid groups (broad SMARTS) is 1. The first-order chi connectivity index (χ1) is 8.41. The first-order valence-corrected chi connectivity index (χ1v) is 5.74.